The number of thioether (sulfide) groups is 1. The van der Waals surface area contributed by atoms with Crippen LogP contribution >= 0.6 is 11.8 Å². The van der Waals surface area contributed by atoms with Crippen molar-refractivity contribution in [1.29, 1.82) is 0 Å². The second-order valence-electron chi connectivity index (χ2n) is 7.14. The molecule has 1 heterocycles. The van der Waals surface area contributed by atoms with E-state index in [9.17, 15) is 36.7 Å². The van der Waals surface area contributed by atoms with Crippen LogP contribution in [0.3, 0.4) is 0 Å². The fourth-order valence-corrected chi connectivity index (χ4v) is 3.34. The van der Waals surface area contributed by atoms with E-state index in [4.69, 9.17) is 4.74 Å². The van der Waals surface area contributed by atoms with Gasteiger partial charge in [-0.2, -0.15) is 0 Å². The molecule has 0 aliphatic rings. The molecule has 3 N–H and O–H groups in total. The van der Waals surface area contributed by atoms with Gasteiger partial charge in [0.05, 0.1) is 12.2 Å². The van der Waals surface area contributed by atoms with Crippen LogP contribution in [0.25, 0.3) is 0 Å². The van der Waals surface area contributed by atoms with Gasteiger partial charge in [0.1, 0.15) is 40.3 Å². The lowest BCUT2D eigenvalue weighted by molar-refractivity contribution is -0.147. The Kier molecular flexibility index (Phi) is 9.32. The molecule has 0 fully saturated rings. The zero-order chi connectivity index (χ0) is 26.9. The minimum absolute atomic E-state index is 0.0578. The van der Waals surface area contributed by atoms with E-state index in [1.807, 2.05) is 5.32 Å². The lowest BCUT2D eigenvalue weighted by Crippen LogP contribution is -2.23. The summed E-state index contributed by atoms with van der Waals surface area (Å²) in [7, 11) is 0. The molecular weight excluding hydrogens is 522 g/mol. The highest BCUT2D eigenvalue weighted by Crippen LogP contribution is 2.19. The first-order valence-corrected chi connectivity index (χ1v) is 11.3. The number of ether oxygens (including phenoxy) is 1. The molecule has 37 heavy (non-hydrogen) atoms. The number of carbonyl (C=O) groups excluding carboxylic acids is 3. The second-order valence-corrected chi connectivity index (χ2v) is 8.11. The van der Waals surface area contributed by atoms with Crippen molar-refractivity contribution in [3.05, 3.63) is 75.7 Å². The van der Waals surface area contributed by atoms with E-state index < -0.39 is 64.6 Å². The first-order chi connectivity index (χ1) is 17.6. The molecule has 2 aromatic carbocycles. The molecule has 10 nitrogen and oxygen atoms in total. The number of nitrogens with one attached hydrogen (secondary N) is 3. The average Bonchev–Trinajstić information content (AvgIpc) is 2.85. The molecule has 194 valence electrons. The molecule has 0 radical (unpaired) electrons. The summed E-state index contributed by atoms with van der Waals surface area (Å²) < 4.78 is 59.0. The van der Waals surface area contributed by atoms with E-state index in [-0.39, 0.29) is 29.4 Å². The monoisotopic (exact) mass is 539 g/mol. The summed E-state index contributed by atoms with van der Waals surface area (Å²) >= 11 is 0.745. The van der Waals surface area contributed by atoms with Crippen molar-refractivity contribution >= 4 is 40.9 Å². The third-order valence-corrected chi connectivity index (χ3v) is 5.33. The van der Waals surface area contributed by atoms with Gasteiger partial charge in [0, 0.05) is 6.42 Å². The molecule has 0 spiro atoms. The summed E-state index contributed by atoms with van der Waals surface area (Å²) in [6, 6.07) is 6.09. The van der Waals surface area contributed by atoms with E-state index in [0.29, 0.717) is 0 Å². The standard InChI is InChI=1S/C22H17F4N5O5S/c23-11-3-1-4-12(24)19(11)27-16(32)9-36-18(34)8-7-15-21(35)29-22(31-30-15)37-10-17(33)28-20-13(25)5-2-6-14(20)26/h1-6H,7-10H2,(H,27,32)(H,28,33)(H,29,31,35). The molecule has 0 aliphatic heterocycles. The predicted octanol–water partition coefficient (Wildman–Crippen LogP) is 2.57. The van der Waals surface area contributed by atoms with Gasteiger partial charge in [0.25, 0.3) is 11.5 Å². The van der Waals surface area contributed by atoms with Crippen molar-refractivity contribution in [3.8, 4) is 0 Å². The van der Waals surface area contributed by atoms with Crippen LogP contribution in [-0.4, -0.2) is 45.3 Å². The Bertz CT molecular complexity index is 1350. The van der Waals surface area contributed by atoms with Gasteiger partial charge in [-0.25, -0.2) is 17.6 Å². The van der Waals surface area contributed by atoms with Crippen molar-refractivity contribution in [1.82, 2.24) is 15.2 Å². The Morgan fingerprint density at radius 2 is 1.41 bits per heavy atom. The number of aryl methyl sites for hydroxylation is 1. The molecule has 15 heteroatoms. The summed E-state index contributed by atoms with van der Waals surface area (Å²) in [6.45, 7) is -0.816. The Morgan fingerprint density at radius 1 is 0.865 bits per heavy atom. The molecule has 1 aromatic heterocycles. The largest absolute Gasteiger partial charge is 0.456 e. The van der Waals surface area contributed by atoms with Gasteiger partial charge in [-0.1, -0.05) is 23.9 Å². The maximum Gasteiger partial charge on any atom is 0.306 e. The number of benzene rings is 2. The van der Waals surface area contributed by atoms with Gasteiger partial charge in [0.2, 0.25) is 5.91 Å². The molecule has 0 bridgehead atoms. The topological polar surface area (TPSA) is 143 Å². The first-order valence-electron chi connectivity index (χ1n) is 10.4. The number of halogens is 4. The molecule has 0 atom stereocenters. The maximum absolute atomic E-state index is 13.6. The number of amides is 2. The Labute approximate surface area is 209 Å². The van der Waals surface area contributed by atoms with Crippen molar-refractivity contribution in [2.24, 2.45) is 0 Å². The van der Waals surface area contributed by atoms with Crippen molar-refractivity contribution < 1.29 is 36.7 Å². The number of aromatic nitrogens is 3. The zero-order valence-electron chi connectivity index (χ0n) is 18.6. The number of para-hydroxylation sites is 2. The van der Waals surface area contributed by atoms with Gasteiger partial charge in [0.15, 0.2) is 11.8 Å². The van der Waals surface area contributed by atoms with Crippen molar-refractivity contribution in [3.63, 3.8) is 0 Å². The minimum atomic E-state index is -1.00. The average molecular weight is 539 g/mol. The lowest BCUT2D eigenvalue weighted by atomic mass is 10.2. The number of rotatable bonds is 10. The Balaban J connectivity index is 1.44. The van der Waals surface area contributed by atoms with Crippen LogP contribution in [0.1, 0.15) is 12.1 Å². The summed E-state index contributed by atoms with van der Waals surface area (Å²) in [5, 5.41) is 11.4. The van der Waals surface area contributed by atoms with E-state index in [1.165, 1.54) is 0 Å². The quantitative estimate of drug-likeness (QED) is 0.203. The van der Waals surface area contributed by atoms with Crippen LogP contribution in [-0.2, 0) is 25.5 Å². The summed E-state index contributed by atoms with van der Waals surface area (Å²) in [4.78, 5) is 50.1. The van der Waals surface area contributed by atoms with E-state index in [2.05, 4.69) is 20.5 Å². The number of esters is 1. The van der Waals surface area contributed by atoms with Crippen LogP contribution in [0, 0.1) is 23.3 Å². The zero-order valence-corrected chi connectivity index (χ0v) is 19.5. The third kappa shape index (κ3) is 7.86. The number of hydrogen-bond donors (Lipinski definition) is 3. The number of aromatic amines is 1. The van der Waals surface area contributed by atoms with Gasteiger partial charge >= 0.3 is 5.97 Å². The molecule has 0 aliphatic carbocycles. The molecule has 3 aromatic rings. The third-order valence-electron chi connectivity index (χ3n) is 4.47. The van der Waals surface area contributed by atoms with E-state index in [0.717, 1.165) is 48.2 Å². The second kappa shape index (κ2) is 12.6. The SMILES string of the molecule is O=C(COC(=O)CCc1nnc(SCC(=O)Nc2c(F)cccc2F)[nH]c1=O)Nc1c(F)cccc1F. The summed E-state index contributed by atoms with van der Waals surface area (Å²) in [6.07, 6.45) is -0.565. The van der Waals surface area contributed by atoms with Gasteiger partial charge in [-0.05, 0) is 24.3 Å². The molecule has 0 unspecified atom stereocenters. The number of H-pyrrole nitrogens is 1. The number of anilines is 2. The molecule has 2 amide bonds. The Morgan fingerprint density at radius 3 is 1.95 bits per heavy atom. The summed E-state index contributed by atoms with van der Waals surface area (Å²) in [5.74, 6) is -6.87. The molecule has 0 saturated heterocycles. The van der Waals surface area contributed by atoms with Gasteiger partial charge < -0.3 is 15.4 Å². The van der Waals surface area contributed by atoms with Gasteiger partial charge in [-0.3, -0.25) is 24.2 Å². The van der Waals surface area contributed by atoms with E-state index in [1.54, 1.807) is 0 Å². The highest BCUT2D eigenvalue weighted by atomic mass is 32.2. The van der Waals surface area contributed by atoms with Crippen LogP contribution < -0.4 is 16.2 Å². The molecule has 0 saturated carbocycles. The highest BCUT2D eigenvalue weighted by Gasteiger charge is 2.16. The molecule has 3 rings (SSSR count). The summed E-state index contributed by atoms with van der Waals surface area (Å²) in [5.41, 5.74) is -2.14. The van der Waals surface area contributed by atoms with Crippen LogP contribution in [0.2, 0.25) is 0 Å². The number of hydrogen-bond acceptors (Lipinski definition) is 8. The van der Waals surface area contributed by atoms with Crippen molar-refractivity contribution in [2.75, 3.05) is 23.0 Å². The predicted molar refractivity (Wildman–Crippen MR) is 123 cm³/mol. The normalized spacial score (nSPS) is 10.6. The smallest absolute Gasteiger partial charge is 0.306 e. The fraction of sp³-hybridized carbons (Fsp3) is 0.182. The lowest BCUT2D eigenvalue weighted by Gasteiger charge is -2.08. The fourth-order valence-electron chi connectivity index (χ4n) is 2.73. The Hall–Kier alpha value is -4.27. The minimum Gasteiger partial charge on any atom is -0.456 e. The van der Waals surface area contributed by atoms with Crippen LogP contribution in [0.5, 0.6) is 0 Å². The maximum atomic E-state index is 13.6. The highest BCUT2D eigenvalue weighted by molar-refractivity contribution is 7.99. The van der Waals surface area contributed by atoms with Gasteiger partial charge in [-0.15, -0.1) is 10.2 Å². The first kappa shape index (κ1) is 27.3. The van der Waals surface area contributed by atoms with Crippen LogP contribution in [0.15, 0.2) is 46.3 Å². The number of carbonyl (C=O) groups is 3. The van der Waals surface area contributed by atoms with Crippen molar-refractivity contribution in [2.45, 2.75) is 18.0 Å². The number of nitrogens with zero attached hydrogens (tertiary/aromatic N) is 2. The molecular formula is C22H17F4N5O5S. The van der Waals surface area contributed by atoms with E-state index >= 15 is 0 Å². The van der Waals surface area contributed by atoms with Crippen LogP contribution in [0.4, 0.5) is 28.9 Å².